The second-order valence-electron chi connectivity index (χ2n) is 6.47. The number of ether oxygens (including phenoxy) is 1. The smallest absolute Gasteiger partial charge is 0.119 e. The normalized spacial score (nSPS) is 15.5. The molecule has 2 aromatic rings. The van der Waals surface area contributed by atoms with Crippen molar-refractivity contribution in [1.82, 2.24) is 4.90 Å². The number of benzene rings is 2. The highest BCUT2D eigenvalue weighted by Crippen LogP contribution is 2.23. The van der Waals surface area contributed by atoms with Crippen LogP contribution in [0.15, 0.2) is 42.5 Å². The van der Waals surface area contributed by atoms with Crippen LogP contribution in [0.4, 0.5) is 11.4 Å². The van der Waals surface area contributed by atoms with E-state index in [0.29, 0.717) is 6.61 Å². The van der Waals surface area contributed by atoms with E-state index < -0.39 is 0 Å². The van der Waals surface area contributed by atoms with Crippen molar-refractivity contribution in [2.75, 3.05) is 50.0 Å². The first-order valence-electron chi connectivity index (χ1n) is 8.65. The monoisotopic (exact) mass is 325 g/mol. The summed E-state index contributed by atoms with van der Waals surface area (Å²) in [5.74, 6) is 0.887. The van der Waals surface area contributed by atoms with Gasteiger partial charge in [-0.3, -0.25) is 4.90 Å². The van der Waals surface area contributed by atoms with E-state index in [1.807, 2.05) is 24.3 Å². The molecular formula is C20H27N3O. The minimum Gasteiger partial charge on any atom is -0.492 e. The van der Waals surface area contributed by atoms with E-state index in [1.54, 1.807) is 0 Å². The van der Waals surface area contributed by atoms with E-state index in [9.17, 15) is 0 Å². The number of hydrogen-bond acceptors (Lipinski definition) is 4. The van der Waals surface area contributed by atoms with Crippen LogP contribution in [0.25, 0.3) is 0 Å². The Labute approximate surface area is 144 Å². The van der Waals surface area contributed by atoms with Gasteiger partial charge in [-0.15, -0.1) is 0 Å². The molecule has 0 atom stereocenters. The standard InChI is InChI=1S/C20H27N3O/c1-16-4-3-5-20(17(16)2)23-12-10-22(11-13-23)14-15-24-19-8-6-18(21)7-9-19/h3-9H,10-15,21H2,1-2H3. The number of nitrogens with two attached hydrogens (primary N) is 1. The van der Waals surface area contributed by atoms with Crippen LogP contribution in [0.2, 0.25) is 0 Å². The molecule has 1 heterocycles. The molecule has 1 fully saturated rings. The van der Waals surface area contributed by atoms with E-state index >= 15 is 0 Å². The van der Waals surface area contributed by atoms with Gasteiger partial charge in [-0.25, -0.2) is 0 Å². The third-order valence-corrected chi connectivity index (χ3v) is 4.85. The largest absolute Gasteiger partial charge is 0.492 e. The van der Waals surface area contributed by atoms with Gasteiger partial charge in [0.15, 0.2) is 0 Å². The molecule has 24 heavy (non-hydrogen) atoms. The fourth-order valence-corrected chi connectivity index (χ4v) is 3.15. The number of piperazine rings is 1. The predicted molar refractivity (Wildman–Crippen MR) is 101 cm³/mol. The zero-order valence-corrected chi connectivity index (χ0v) is 14.7. The zero-order chi connectivity index (χ0) is 16.9. The molecule has 4 heteroatoms. The lowest BCUT2D eigenvalue weighted by molar-refractivity contribution is 0.200. The summed E-state index contributed by atoms with van der Waals surface area (Å²) in [6.45, 7) is 10.4. The zero-order valence-electron chi connectivity index (χ0n) is 14.7. The molecule has 0 aliphatic carbocycles. The van der Waals surface area contributed by atoms with E-state index in [2.05, 4.69) is 41.8 Å². The molecule has 0 saturated carbocycles. The van der Waals surface area contributed by atoms with Crippen LogP contribution in [-0.2, 0) is 0 Å². The second kappa shape index (κ2) is 7.58. The molecule has 0 unspecified atom stereocenters. The van der Waals surface area contributed by atoms with Gasteiger partial charge in [-0.05, 0) is 55.3 Å². The molecule has 1 aliphatic heterocycles. The third-order valence-electron chi connectivity index (χ3n) is 4.85. The maximum absolute atomic E-state index is 5.80. The van der Waals surface area contributed by atoms with Crippen LogP contribution in [0.5, 0.6) is 5.75 Å². The number of anilines is 2. The molecule has 128 valence electrons. The summed E-state index contributed by atoms with van der Waals surface area (Å²) in [6.07, 6.45) is 0. The summed E-state index contributed by atoms with van der Waals surface area (Å²) in [5, 5.41) is 0. The van der Waals surface area contributed by atoms with Crippen LogP contribution >= 0.6 is 0 Å². The van der Waals surface area contributed by atoms with Crippen molar-refractivity contribution in [3.63, 3.8) is 0 Å². The van der Waals surface area contributed by atoms with E-state index in [4.69, 9.17) is 10.5 Å². The van der Waals surface area contributed by atoms with E-state index in [1.165, 1.54) is 16.8 Å². The molecule has 2 aromatic carbocycles. The Balaban J connectivity index is 1.45. The highest BCUT2D eigenvalue weighted by molar-refractivity contribution is 5.56. The van der Waals surface area contributed by atoms with Crippen molar-refractivity contribution in [2.24, 2.45) is 0 Å². The molecule has 0 spiro atoms. The van der Waals surface area contributed by atoms with Gasteiger partial charge in [0.25, 0.3) is 0 Å². The highest BCUT2D eigenvalue weighted by atomic mass is 16.5. The SMILES string of the molecule is Cc1cccc(N2CCN(CCOc3ccc(N)cc3)CC2)c1C. The molecule has 0 aromatic heterocycles. The summed E-state index contributed by atoms with van der Waals surface area (Å²) >= 11 is 0. The Morgan fingerprint density at radius 1 is 0.958 bits per heavy atom. The molecule has 1 aliphatic rings. The van der Waals surface area contributed by atoms with Crippen molar-refractivity contribution in [1.29, 1.82) is 0 Å². The first kappa shape index (κ1) is 16.7. The number of rotatable bonds is 5. The Bertz CT molecular complexity index is 661. The summed E-state index contributed by atoms with van der Waals surface area (Å²) in [4.78, 5) is 4.97. The number of hydrogen-bond donors (Lipinski definition) is 1. The Hall–Kier alpha value is -2.20. The van der Waals surface area contributed by atoms with Crippen molar-refractivity contribution >= 4 is 11.4 Å². The molecule has 1 saturated heterocycles. The summed E-state index contributed by atoms with van der Waals surface area (Å²) < 4.78 is 5.80. The fourth-order valence-electron chi connectivity index (χ4n) is 3.15. The van der Waals surface area contributed by atoms with Gasteiger partial charge in [0.2, 0.25) is 0 Å². The first-order chi connectivity index (χ1) is 11.6. The van der Waals surface area contributed by atoms with Crippen molar-refractivity contribution in [3.05, 3.63) is 53.6 Å². The highest BCUT2D eigenvalue weighted by Gasteiger charge is 2.18. The van der Waals surface area contributed by atoms with Gasteiger partial charge in [0, 0.05) is 44.1 Å². The number of aryl methyl sites for hydroxylation is 1. The Morgan fingerprint density at radius 2 is 1.67 bits per heavy atom. The minimum atomic E-state index is 0.716. The second-order valence-corrected chi connectivity index (χ2v) is 6.47. The summed E-state index contributed by atoms with van der Waals surface area (Å²) in [5.41, 5.74) is 10.6. The molecule has 4 nitrogen and oxygen atoms in total. The van der Waals surface area contributed by atoms with Crippen molar-refractivity contribution in [3.8, 4) is 5.75 Å². The average molecular weight is 325 g/mol. The molecule has 2 N–H and O–H groups in total. The van der Waals surface area contributed by atoms with Crippen molar-refractivity contribution in [2.45, 2.75) is 13.8 Å². The lowest BCUT2D eigenvalue weighted by Gasteiger charge is -2.37. The summed E-state index contributed by atoms with van der Waals surface area (Å²) in [7, 11) is 0. The molecule has 0 radical (unpaired) electrons. The topological polar surface area (TPSA) is 41.7 Å². The maximum atomic E-state index is 5.80. The molecule has 3 rings (SSSR count). The fraction of sp³-hybridized carbons (Fsp3) is 0.400. The van der Waals surface area contributed by atoms with Gasteiger partial charge in [-0.2, -0.15) is 0 Å². The minimum absolute atomic E-state index is 0.716. The Morgan fingerprint density at radius 3 is 2.38 bits per heavy atom. The lowest BCUT2D eigenvalue weighted by atomic mass is 10.1. The van der Waals surface area contributed by atoms with Gasteiger partial charge in [0.1, 0.15) is 12.4 Å². The predicted octanol–water partition coefficient (Wildman–Crippen LogP) is 3.09. The van der Waals surface area contributed by atoms with Gasteiger partial charge >= 0.3 is 0 Å². The number of nitrogen functional groups attached to an aromatic ring is 1. The van der Waals surface area contributed by atoms with Crippen LogP contribution in [0, 0.1) is 13.8 Å². The molecule has 0 amide bonds. The average Bonchev–Trinajstić information content (AvgIpc) is 2.60. The van der Waals surface area contributed by atoms with Gasteiger partial charge in [-0.1, -0.05) is 12.1 Å². The number of nitrogens with zero attached hydrogens (tertiary/aromatic N) is 2. The lowest BCUT2D eigenvalue weighted by Crippen LogP contribution is -2.47. The first-order valence-corrected chi connectivity index (χ1v) is 8.65. The van der Waals surface area contributed by atoms with Crippen molar-refractivity contribution < 1.29 is 4.74 Å². The van der Waals surface area contributed by atoms with Crippen LogP contribution < -0.4 is 15.4 Å². The van der Waals surface area contributed by atoms with E-state index in [0.717, 1.165) is 44.2 Å². The van der Waals surface area contributed by atoms with Crippen LogP contribution in [0.1, 0.15) is 11.1 Å². The van der Waals surface area contributed by atoms with Crippen LogP contribution in [0.3, 0.4) is 0 Å². The van der Waals surface area contributed by atoms with Gasteiger partial charge in [0.05, 0.1) is 0 Å². The molecule has 0 bridgehead atoms. The van der Waals surface area contributed by atoms with Gasteiger partial charge < -0.3 is 15.4 Å². The maximum Gasteiger partial charge on any atom is 0.119 e. The molecular weight excluding hydrogens is 298 g/mol. The van der Waals surface area contributed by atoms with Crippen LogP contribution in [-0.4, -0.2) is 44.2 Å². The summed E-state index contributed by atoms with van der Waals surface area (Å²) in [6, 6.07) is 14.2. The quantitative estimate of drug-likeness (QED) is 0.858. The Kier molecular flexibility index (Phi) is 5.26. The third kappa shape index (κ3) is 4.01. The van der Waals surface area contributed by atoms with E-state index in [-0.39, 0.29) is 0 Å².